The number of fused-ring (bicyclic) bond motifs is 1. The highest BCUT2D eigenvalue weighted by atomic mass is 32.1. The van der Waals surface area contributed by atoms with E-state index in [2.05, 4.69) is 59.1 Å². The van der Waals surface area contributed by atoms with Gasteiger partial charge in [-0.3, -0.25) is 4.79 Å². The fourth-order valence-corrected chi connectivity index (χ4v) is 6.17. The number of piperidine rings is 1. The number of hydrogen-bond donors (Lipinski definition) is 1. The molecule has 0 unspecified atom stereocenters. The quantitative estimate of drug-likeness (QED) is 0.349. The van der Waals surface area contributed by atoms with Gasteiger partial charge in [-0.05, 0) is 59.6 Å². The number of aromatic nitrogens is 1. The Morgan fingerprint density at radius 1 is 1.00 bits per heavy atom. The van der Waals surface area contributed by atoms with Gasteiger partial charge < -0.3 is 19.5 Å². The van der Waals surface area contributed by atoms with Crippen LogP contribution in [0.3, 0.4) is 0 Å². The zero-order chi connectivity index (χ0) is 27.9. The first-order valence-corrected chi connectivity index (χ1v) is 14.5. The van der Waals surface area contributed by atoms with E-state index in [0.717, 1.165) is 51.5 Å². The van der Waals surface area contributed by atoms with Crippen LogP contribution in [0.4, 0.5) is 0 Å². The fraction of sp³-hybridized carbons (Fsp3) is 0.438. The zero-order valence-corrected chi connectivity index (χ0v) is 24.5. The summed E-state index contributed by atoms with van der Waals surface area (Å²) in [5.74, 6) is 2.20. The smallest absolute Gasteiger partial charge is 0.246 e. The molecule has 3 heterocycles. The molecule has 0 bridgehead atoms. The minimum absolute atomic E-state index is 0.0273. The molecule has 0 spiro atoms. The predicted octanol–water partition coefficient (Wildman–Crippen LogP) is 7.26. The molecule has 1 saturated heterocycles. The SMILES string of the molecule is CC(C)(C)c1cc(-c2csc(C3CCN(C(=O)C=Cc4ccc5c(c4)OCO5)CC3)n2)cc(C(C)(C)C)c1O. The zero-order valence-electron chi connectivity index (χ0n) is 23.7. The van der Waals surface area contributed by atoms with Gasteiger partial charge in [-0.25, -0.2) is 4.98 Å². The number of aromatic hydroxyl groups is 1. The van der Waals surface area contributed by atoms with Crippen LogP contribution in [0.2, 0.25) is 0 Å². The van der Waals surface area contributed by atoms with E-state index in [9.17, 15) is 9.90 Å². The van der Waals surface area contributed by atoms with Crippen LogP contribution in [0, 0.1) is 0 Å². The molecular formula is C32H38N2O4S. The number of carbonyl (C=O) groups excluding carboxylic acids is 1. The molecule has 1 fully saturated rings. The van der Waals surface area contributed by atoms with Crippen LogP contribution in [0.15, 0.2) is 41.8 Å². The minimum Gasteiger partial charge on any atom is -0.507 e. The standard InChI is InChI=1S/C32H38N2O4S/c1-31(2,3)23-16-22(17-24(29(23)36)32(4,5)6)25-18-39-30(33-25)21-11-13-34(14-12-21)28(35)10-8-20-7-9-26-27(15-20)38-19-37-26/h7-10,15-18,21,36H,11-14,19H2,1-6H3. The van der Waals surface area contributed by atoms with Crippen molar-refractivity contribution in [2.24, 2.45) is 0 Å². The van der Waals surface area contributed by atoms with Crippen molar-refractivity contribution in [1.29, 1.82) is 0 Å². The van der Waals surface area contributed by atoms with Crippen molar-refractivity contribution in [2.75, 3.05) is 19.9 Å². The Hall–Kier alpha value is -3.32. The van der Waals surface area contributed by atoms with Crippen LogP contribution < -0.4 is 9.47 Å². The number of thiazole rings is 1. The third-order valence-electron chi connectivity index (χ3n) is 7.51. The molecule has 0 saturated carbocycles. The van der Waals surface area contributed by atoms with Crippen molar-refractivity contribution in [3.8, 4) is 28.5 Å². The third kappa shape index (κ3) is 5.83. The Balaban J connectivity index is 1.26. The topological polar surface area (TPSA) is 71.9 Å². The molecule has 2 aliphatic heterocycles. The van der Waals surface area contributed by atoms with Crippen LogP contribution in [-0.2, 0) is 15.6 Å². The van der Waals surface area contributed by atoms with Gasteiger partial charge in [0.15, 0.2) is 11.5 Å². The van der Waals surface area contributed by atoms with Gasteiger partial charge in [0.2, 0.25) is 12.7 Å². The van der Waals surface area contributed by atoms with Crippen LogP contribution in [0.1, 0.15) is 82.0 Å². The van der Waals surface area contributed by atoms with Crippen molar-refractivity contribution >= 4 is 23.3 Å². The monoisotopic (exact) mass is 546 g/mol. The number of phenolic OH excluding ortho intramolecular Hbond substituents is 1. The van der Waals surface area contributed by atoms with Crippen molar-refractivity contribution in [3.05, 3.63) is 63.5 Å². The first kappa shape index (κ1) is 27.3. The Bertz CT molecular complexity index is 1370. The van der Waals surface area contributed by atoms with Gasteiger partial charge in [-0.1, -0.05) is 47.6 Å². The Kier molecular flexibility index (Phi) is 7.23. The van der Waals surface area contributed by atoms with E-state index in [1.165, 1.54) is 0 Å². The Morgan fingerprint density at radius 3 is 2.28 bits per heavy atom. The van der Waals surface area contributed by atoms with Crippen molar-refractivity contribution in [1.82, 2.24) is 9.88 Å². The number of carbonyl (C=O) groups is 1. The molecule has 0 atom stereocenters. The maximum absolute atomic E-state index is 12.8. The molecule has 5 rings (SSSR count). The molecule has 39 heavy (non-hydrogen) atoms. The molecule has 0 aliphatic carbocycles. The van der Waals surface area contributed by atoms with E-state index in [4.69, 9.17) is 14.5 Å². The van der Waals surface area contributed by atoms with E-state index in [1.54, 1.807) is 17.4 Å². The molecule has 2 aliphatic rings. The minimum atomic E-state index is -0.185. The Morgan fingerprint density at radius 2 is 1.64 bits per heavy atom. The van der Waals surface area contributed by atoms with Gasteiger partial charge in [0.25, 0.3) is 0 Å². The highest BCUT2D eigenvalue weighted by molar-refractivity contribution is 7.10. The normalized spacial score (nSPS) is 16.3. The van der Waals surface area contributed by atoms with Gasteiger partial charge >= 0.3 is 0 Å². The van der Waals surface area contributed by atoms with Crippen LogP contribution in [0.5, 0.6) is 17.2 Å². The average molecular weight is 547 g/mol. The van der Waals surface area contributed by atoms with Crippen LogP contribution >= 0.6 is 11.3 Å². The first-order valence-electron chi connectivity index (χ1n) is 13.6. The predicted molar refractivity (Wildman–Crippen MR) is 157 cm³/mol. The summed E-state index contributed by atoms with van der Waals surface area (Å²) < 4.78 is 10.8. The summed E-state index contributed by atoms with van der Waals surface area (Å²) in [5.41, 5.74) is 4.43. The van der Waals surface area contributed by atoms with E-state index < -0.39 is 0 Å². The molecule has 7 heteroatoms. The van der Waals surface area contributed by atoms with E-state index in [0.29, 0.717) is 30.5 Å². The number of phenols is 1. The van der Waals surface area contributed by atoms with Crippen LogP contribution in [0.25, 0.3) is 17.3 Å². The van der Waals surface area contributed by atoms with Crippen molar-refractivity contribution in [2.45, 2.75) is 71.1 Å². The second-order valence-corrected chi connectivity index (χ2v) is 13.4. The fourth-order valence-electron chi connectivity index (χ4n) is 5.17. The largest absolute Gasteiger partial charge is 0.507 e. The lowest BCUT2D eigenvalue weighted by Crippen LogP contribution is -2.36. The van der Waals surface area contributed by atoms with Crippen LogP contribution in [-0.4, -0.2) is 40.8 Å². The molecule has 6 nitrogen and oxygen atoms in total. The first-order chi connectivity index (χ1) is 18.4. The number of hydrogen-bond acceptors (Lipinski definition) is 6. The van der Waals surface area contributed by atoms with Gasteiger partial charge in [-0.2, -0.15) is 0 Å². The number of benzene rings is 2. The average Bonchev–Trinajstić information content (AvgIpc) is 3.56. The van der Waals surface area contributed by atoms with Crippen molar-refractivity contribution < 1.29 is 19.4 Å². The van der Waals surface area contributed by atoms with E-state index >= 15 is 0 Å². The third-order valence-corrected chi connectivity index (χ3v) is 8.52. The van der Waals surface area contributed by atoms with E-state index in [-0.39, 0.29) is 23.5 Å². The molecule has 3 aromatic rings. The Labute approximate surface area is 235 Å². The lowest BCUT2D eigenvalue weighted by atomic mass is 9.78. The van der Waals surface area contributed by atoms with Gasteiger partial charge in [0.05, 0.1) is 10.7 Å². The second-order valence-electron chi connectivity index (χ2n) is 12.5. The van der Waals surface area contributed by atoms with Crippen molar-refractivity contribution in [3.63, 3.8) is 0 Å². The van der Waals surface area contributed by atoms with Gasteiger partial charge in [0, 0.05) is 47.2 Å². The highest BCUT2D eigenvalue weighted by Crippen LogP contribution is 2.43. The molecule has 1 N–H and O–H groups in total. The number of ether oxygens (including phenoxy) is 2. The number of rotatable bonds is 4. The highest BCUT2D eigenvalue weighted by Gasteiger charge is 2.29. The lowest BCUT2D eigenvalue weighted by molar-refractivity contribution is -0.126. The molecule has 2 aromatic carbocycles. The molecule has 206 valence electrons. The number of amides is 1. The van der Waals surface area contributed by atoms with Gasteiger partial charge in [0.1, 0.15) is 5.75 Å². The molecule has 1 aromatic heterocycles. The van der Waals surface area contributed by atoms with Gasteiger partial charge in [-0.15, -0.1) is 11.3 Å². The molecule has 0 radical (unpaired) electrons. The van der Waals surface area contributed by atoms with E-state index in [1.807, 2.05) is 29.2 Å². The summed E-state index contributed by atoms with van der Waals surface area (Å²) in [6.45, 7) is 14.4. The maximum atomic E-state index is 12.8. The summed E-state index contributed by atoms with van der Waals surface area (Å²) in [6.07, 6.45) is 5.27. The maximum Gasteiger partial charge on any atom is 0.246 e. The second kappa shape index (κ2) is 10.3. The molecular weight excluding hydrogens is 508 g/mol. The summed E-state index contributed by atoms with van der Waals surface area (Å²) in [5, 5.41) is 14.3. The number of nitrogens with zero attached hydrogens (tertiary/aromatic N) is 2. The molecule has 1 amide bonds. The lowest BCUT2D eigenvalue weighted by Gasteiger charge is -2.30. The summed E-state index contributed by atoms with van der Waals surface area (Å²) in [7, 11) is 0. The summed E-state index contributed by atoms with van der Waals surface area (Å²) >= 11 is 1.70. The summed E-state index contributed by atoms with van der Waals surface area (Å²) in [6, 6.07) is 9.87. The summed E-state index contributed by atoms with van der Waals surface area (Å²) in [4.78, 5) is 19.8. The number of likely N-dealkylation sites (tertiary alicyclic amines) is 1.